The molecule has 2 heterocycles. The van der Waals surface area contributed by atoms with Crippen molar-refractivity contribution in [2.45, 2.75) is 13.0 Å². The van der Waals surface area contributed by atoms with Crippen LogP contribution in [0.1, 0.15) is 21.6 Å². The topological polar surface area (TPSA) is 50.2 Å². The van der Waals surface area contributed by atoms with Crippen LogP contribution in [0.4, 0.5) is 5.69 Å². The molecule has 4 aromatic rings. The zero-order chi connectivity index (χ0) is 21.9. The van der Waals surface area contributed by atoms with Gasteiger partial charge >= 0.3 is 0 Å². The van der Waals surface area contributed by atoms with E-state index in [0.29, 0.717) is 30.2 Å². The van der Waals surface area contributed by atoms with Gasteiger partial charge in [0.1, 0.15) is 0 Å². The highest BCUT2D eigenvalue weighted by Gasteiger charge is 2.29. The second kappa shape index (κ2) is 8.77. The molecule has 32 heavy (non-hydrogen) atoms. The summed E-state index contributed by atoms with van der Waals surface area (Å²) in [6, 6.07) is 29.2. The number of thiocarbonyl (C=S) groups is 1. The van der Waals surface area contributed by atoms with Gasteiger partial charge in [0.05, 0.1) is 11.4 Å². The normalized spacial score (nSPS) is 12.8. The molecular formula is C26H22N4OS. The van der Waals surface area contributed by atoms with Gasteiger partial charge in [-0.25, -0.2) is 0 Å². The second-order valence-corrected chi connectivity index (χ2v) is 8.08. The molecule has 0 spiro atoms. The number of carbonyl (C=O) groups is 1. The zero-order valence-corrected chi connectivity index (χ0v) is 18.3. The number of rotatable bonds is 3. The van der Waals surface area contributed by atoms with Crippen molar-refractivity contribution in [3.63, 3.8) is 0 Å². The van der Waals surface area contributed by atoms with Crippen LogP contribution < -0.4 is 5.32 Å². The van der Waals surface area contributed by atoms with E-state index in [2.05, 4.69) is 10.2 Å². The molecule has 0 saturated heterocycles. The minimum absolute atomic E-state index is 0.109. The number of para-hydroxylation sites is 1. The number of anilines is 1. The number of hydrogen-bond acceptors (Lipinski definition) is 3. The molecule has 158 valence electrons. The van der Waals surface area contributed by atoms with Gasteiger partial charge in [-0.15, -0.1) is 0 Å². The number of nitrogens with one attached hydrogen (secondary N) is 1. The van der Waals surface area contributed by atoms with Gasteiger partial charge in [-0.05, 0) is 36.5 Å². The van der Waals surface area contributed by atoms with Crippen molar-refractivity contribution < 1.29 is 4.79 Å². The predicted octanol–water partition coefficient (Wildman–Crippen LogP) is 4.99. The lowest BCUT2D eigenvalue weighted by Crippen LogP contribution is -2.39. The van der Waals surface area contributed by atoms with Gasteiger partial charge in [0.25, 0.3) is 5.91 Å². The quantitative estimate of drug-likeness (QED) is 0.457. The monoisotopic (exact) mass is 438 g/mol. The van der Waals surface area contributed by atoms with Gasteiger partial charge in [0, 0.05) is 41.9 Å². The van der Waals surface area contributed by atoms with E-state index in [1.807, 2.05) is 91.0 Å². The van der Waals surface area contributed by atoms with Gasteiger partial charge in [-0.2, -0.15) is 9.78 Å². The maximum absolute atomic E-state index is 13.3. The Balaban J connectivity index is 1.50. The van der Waals surface area contributed by atoms with E-state index in [-0.39, 0.29) is 5.91 Å². The number of aromatic nitrogens is 2. The first-order valence-corrected chi connectivity index (χ1v) is 11.0. The fourth-order valence-electron chi connectivity index (χ4n) is 4.02. The summed E-state index contributed by atoms with van der Waals surface area (Å²) in [4.78, 5) is 15.4. The Morgan fingerprint density at radius 3 is 2.19 bits per heavy atom. The summed E-state index contributed by atoms with van der Waals surface area (Å²) in [5, 5.41) is 8.78. The van der Waals surface area contributed by atoms with Crippen LogP contribution in [0.5, 0.6) is 0 Å². The molecule has 0 radical (unpaired) electrons. The molecule has 3 aromatic carbocycles. The summed E-state index contributed by atoms with van der Waals surface area (Å²) in [6.07, 6.45) is 0.685. The lowest BCUT2D eigenvalue weighted by atomic mass is 10.0. The molecule has 0 aliphatic carbocycles. The Kier molecular flexibility index (Phi) is 5.52. The van der Waals surface area contributed by atoms with Crippen LogP contribution in [-0.4, -0.2) is 32.2 Å². The highest BCUT2D eigenvalue weighted by atomic mass is 32.1. The Morgan fingerprint density at radius 2 is 1.50 bits per heavy atom. The van der Waals surface area contributed by atoms with E-state index in [1.54, 1.807) is 4.68 Å². The maximum Gasteiger partial charge on any atom is 0.278 e. The van der Waals surface area contributed by atoms with Crippen molar-refractivity contribution in [1.29, 1.82) is 0 Å². The van der Waals surface area contributed by atoms with Crippen LogP contribution in [0.3, 0.4) is 0 Å². The van der Waals surface area contributed by atoms with Crippen molar-refractivity contribution in [1.82, 2.24) is 14.7 Å². The van der Waals surface area contributed by atoms with E-state index in [0.717, 1.165) is 28.2 Å². The largest absolute Gasteiger partial charge is 0.344 e. The standard InChI is InChI=1S/C26H22N4OS/c31-25(20-12-6-2-7-13-20)30-23-16-17-29(26(32)27-21-14-8-3-9-15-21)18-22(23)24(28-30)19-10-4-1-5-11-19/h1-15H,16-18H2,(H,27,32). The van der Waals surface area contributed by atoms with Gasteiger partial charge in [0.15, 0.2) is 5.11 Å². The Hall–Kier alpha value is -3.77. The van der Waals surface area contributed by atoms with Gasteiger partial charge in [-0.1, -0.05) is 66.7 Å². The molecule has 0 unspecified atom stereocenters. The fourth-order valence-corrected chi connectivity index (χ4v) is 4.29. The molecule has 1 N–H and O–H groups in total. The summed E-state index contributed by atoms with van der Waals surface area (Å²) in [7, 11) is 0. The molecule has 6 heteroatoms. The summed E-state index contributed by atoms with van der Waals surface area (Å²) in [5.74, 6) is -0.109. The van der Waals surface area contributed by atoms with E-state index < -0.39 is 0 Å². The number of fused-ring (bicyclic) bond motifs is 1. The Morgan fingerprint density at radius 1 is 0.875 bits per heavy atom. The molecule has 5 rings (SSSR count). The third-order valence-electron chi connectivity index (χ3n) is 5.63. The third kappa shape index (κ3) is 3.92. The molecule has 1 aliphatic rings. The minimum atomic E-state index is -0.109. The zero-order valence-electron chi connectivity index (χ0n) is 17.4. The van der Waals surface area contributed by atoms with Gasteiger partial charge in [-0.3, -0.25) is 4.79 Å². The fraction of sp³-hybridized carbons (Fsp3) is 0.115. The van der Waals surface area contributed by atoms with Gasteiger partial charge in [0.2, 0.25) is 0 Å². The first kappa shape index (κ1) is 20.2. The molecule has 5 nitrogen and oxygen atoms in total. The van der Waals surface area contributed by atoms with Crippen molar-refractivity contribution in [2.75, 3.05) is 11.9 Å². The van der Waals surface area contributed by atoms with E-state index >= 15 is 0 Å². The Labute approximate surface area is 192 Å². The van der Waals surface area contributed by atoms with Crippen LogP contribution >= 0.6 is 12.2 Å². The smallest absolute Gasteiger partial charge is 0.278 e. The predicted molar refractivity (Wildman–Crippen MR) is 131 cm³/mol. The van der Waals surface area contributed by atoms with Crippen LogP contribution in [-0.2, 0) is 13.0 Å². The maximum atomic E-state index is 13.3. The first-order chi connectivity index (χ1) is 15.7. The Bertz CT molecular complexity index is 1250. The highest BCUT2D eigenvalue weighted by molar-refractivity contribution is 7.80. The molecule has 1 aliphatic heterocycles. The number of benzene rings is 3. The number of hydrogen-bond donors (Lipinski definition) is 1. The summed E-state index contributed by atoms with van der Waals surface area (Å²) in [6.45, 7) is 1.31. The van der Waals surface area contributed by atoms with Crippen molar-refractivity contribution in [3.05, 3.63) is 108 Å². The van der Waals surface area contributed by atoms with E-state index in [1.165, 1.54) is 0 Å². The number of nitrogens with zero attached hydrogens (tertiary/aromatic N) is 3. The van der Waals surface area contributed by atoms with Crippen molar-refractivity contribution >= 4 is 28.9 Å². The van der Waals surface area contributed by atoms with Crippen LogP contribution in [0.15, 0.2) is 91.0 Å². The lowest BCUT2D eigenvalue weighted by molar-refractivity contribution is 0.0940. The third-order valence-corrected chi connectivity index (χ3v) is 5.99. The molecular weight excluding hydrogens is 416 g/mol. The summed E-state index contributed by atoms with van der Waals surface area (Å²) in [5.41, 5.74) is 5.41. The van der Waals surface area contributed by atoms with E-state index in [4.69, 9.17) is 17.3 Å². The van der Waals surface area contributed by atoms with E-state index in [9.17, 15) is 4.79 Å². The van der Waals surface area contributed by atoms with Crippen molar-refractivity contribution in [3.8, 4) is 11.3 Å². The lowest BCUT2D eigenvalue weighted by Gasteiger charge is -2.30. The molecule has 0 bridgehead atoms. The molecule has 0 amide bonds. The molecule has 1 aromatic heterocycles. The minimum Gasteiger partial charge on any atom is -0.344 e. The first-order valence-electron chi connectivity index (χ1n) is 10.6. The SMILES string of the molecule is O=C(c1ccccc1)n1nc(-c2ccccc2)c2c1CCN(C(=S)Nc1ccccc1)C2. The highest BCUT2D eigenvalue weighted by Crippen LogP contribution is 2.31. The summed E-state index contributed by atoms with van der Waals surface area (Å²) < 4.78 is 1.58. The average Bonchev–Trinajstić information content (AvgIpc) is 3.24. The summed E-state index contributed by atoms with van der Waals surface area (Å²) >= 11 is 5.70. The molecule has 0 atom stereocenters. The van der Waals surface area contributed by atoms with Gasteiger partial charge < -0.3 is 10.2 Å². The average molecular weight is 439 g/mol. The number of carbonyl (C=O) groups excluding carboxylic acids is 1. The van der Waals surface area contributed by atoms with Crippen LogP contribution in [0, 0.1) is 0 Å². The van der Waals surface area contributed by atoms with Crippen molar-refractivity contribution in [2.24, 2.45) is 0 Å². The van der Waals surface area contributed by atoms with Crippen LogP contribution in [0.2, 0.25) is 0 Å². The van der Waals surface area contributed by atoms with Crippen LogP contribution in [0.25, 0.3) is 11.3 Å². The molecule has 0 fully saturated rings. The molecule has 0 saturated carbocycles. The second-order valence-electron chi connectivity index (χ2n) is 7.69.